The highest BCUT2D eigenvalue weighted by Crippen LogP contribution is 1.94. The summed E-state index contributed by atoms with van der Waals surface area (Å²) >= 11 is 0. The van der Waals surface area contributed by atoms with Crippen LogP contribution in [0.3, 0.4) is 0 Å². The Bertz CT molecular complexity index is 65.9. The first-order valence-electron chi connectivity index (χ1n) is 3.48. The molecule has 0 fully saturated rings. The van der Waals surface area contributed by atoms with E-state index in [1.807, 2.05) is 0 Å². The lowest BCUT2D eigenvalue weighted by Crippen LogP contribution is -2.36. The van der Waals surface area contributed by atoms with Gasteiger partial charge in [-0.3, -0.25) is 0 Å². The second-order valence-electron chi connectivity index (χ2n) is 2.29. The Hall–Kier alpha value is -0.0800. The van der Waals surface area contributed by atoms with Crippen LogP contribution in [0.15, 0.2) is 0 Å². The zero-order valence-electron chi connectivity index (χ0n) is 6.77. The van der Waals surface area contributed by atoms with Crippen molar-refractivity contribution in [3.05, 3.63) is 0 Å². The summed E-state index contributed by atoms with van der Waals surface area (Å²) in [6.45, 7) is 7.29. The summed E-state index contributed by atoms with van der Waals surface area (Å²) < 4.78 is 5.10. The van der Waals surface area contributed by atoms with Crippen LogP contribution in [0.2, 0.25) is 0 Å². The molecule has 0 saturated carbocycles. The molecule has 1 N–H and O–H groups in total. The van der Waals surface area contributed by atoms with Gasteiger partial charge < -0.3 is 10.1 Å². The van der Waals surface area contributed by atoms with E-state index in [1.54, 1.807) is 7.11 Å². The molecular weight excluding hydrogens is 114 g/mol. The molecule has 0 aromatic rings. The van der Waals surface area contributed by atoms with Crippen LogP contribution in [0.25, 0.3) is 0 Å². The van der Waals surface area contributed by atoms with Gasteiger partial charge in [0.1, 0.15) is 0 Å². The third-order valence-electron chi connectivity index (χ3n) is 1.60. The topological polar surface area (TPSA) is 21.3 Å². The fourth-order valence-electron chi connectivity index (χ4n) is 0.692. The molecule has 0 aliphatic heterocycles. The van der Waals surface area contributed by atoms with E-state index in [4.69, 9.17) is 4.74 Å². The molecule has 0 spiro atoms. The van der Waals surface area contributed by atoms with Crippen molar-refractivity contribution in [3.8, 4) is 0 Å². The number of hydrogen-bond donors (Lipinski definition) is 1. The molecule has 0 aliphatic carbocycles. The van der Waals surface area contributed by atoms with Crippen LogP contribution in [-0.4, -0.2) is 25.8 Å². The van der Waals surface area contributed by atoms with E-state index in [0.29, 0.717) is 12.1 Å². The lowest BCUT2D eigenvalue weighted by molar-refractivity contribution is 0.0894. The minimum Gasteiger partial charge on any atom is -0.380 e. The first-order chi connectivity index (χ1) is 4.22. The lowest BCUT2D eigenvalue weighted by atomic mass is 10.2. The van der Waals surface area contributed by atoms with Gasteiger partial charge in [-0.1, -0.05) is 6.92 Å². The fourth-order valence-corrected chi connectivity index (χ4v) is 0.692. The number of methoxy groups -OCH3 is 1. The quantitative estimate of drug-likeness (QED) is 0.615. The summed E-state index contributed by atoms with van der Waals surface area (Å²) in [5, 5.41) is 3.27. The Morgan fingerprint density at radius 3 is 2.33 bits per heavy atom. The van der Waals surface area contributed by atoms with Gasteiger partial charge in [0, 0.05) is 13.2 Å². The highest BCUT2D eigenvalue weighted by molar-refractivity contribution is 4.65. The van der Waals surface area contributed by atoms with Gasteiger partial charge in [0.25, 0.3) is 0 Å². The Morgan fingerprint density at radius 2 is 2.00 bits per heavy atom. The van der Waals surface area contributed by atoms with Gasteiger partial charge in [-0.25, -0.2) is 0 Å². The van der Waals surface area contributed by atoms with Gasteiger partial charge >= 0.3 is 0 Å². The number of rotatable bonds is 4. The highest BCUT2D eigenvalue weighted by Gasteiger charge is 2.07. The molecule has 0 saturated heterocycles. The molecule has 0 radical (unpaired) electrons. The molecular formula is C7H17NO. The maximum Gasteiger partial charge on any atom is 0.0693 e. The third-order valence-corrected chi connectivity index (χ3v) is 1.60. The average Bonchev–Trinajstić information content (AvgIpc) is 1.87. The molecule has 0 aliphatic rings. The van der Waals surface area contributed by atoms with Crippen LogP contribution >= 0.6 is 0 Å². The molecule has 0 aromatic carbocycles. The van der Waals surface area contributed by atoms with Crippen LogP contribution < -0.4 is 5.32 Å². The van der Waals surface area contributed by atoms with Crippen LogP contribution in [0.1, 0.15) is 20.8 Å². The van der Waals surface area contributed by atoms with E-state index in [2.05, 4.69) is 26.1 Å². The molecule has 0 aromatic heterocycles. The van der Waals surface area contributed by atoms with Gasteiger partial charge in [-0.05, 0) is 20.4 Å². The first kappa shape index (κ1) is 8.92. The van der Waals surface area contributed by atoms with Crippen molar-refractivity contribution >= 4 is 0 Å². The second kappa shape index (κ2) is 4.77. The Morgan fingerprint density at radius 1 is 1.44 bits per heavy atom. The zero-order chi connectivity index (χ0) is 7.28. The van der Waals surface area contributed by atoms with Gasteiger partial charge in [-0.2, -0.15) is 0 Å². The van der Waals surface area contributed by atoms with Crippen molar-refractivity contribution < 1.29 is 4.74 Å². The van der Waals surface area contributed by atoms with Crippen LogP contribution in [0, 0.1) is 0 Å². The summed E-state index contributed by atoms with van der Waals surface area (Å²) in [4.78, 5) is 0. The van der Waals surface area contributed by atoms with Crippen LogP contribution in [0.5, 0.6) is 0 Å². The van der Waals surface area contributed by atoms with Crippen molar-refractivity contribution in [1.82, 2.24) is 5.32 Å². The van der Waals surface area contributed by atoms with E-state index in [-0.39, 0.29) is 0 Å². The molecule has 2 atom stereocenters. The molecule has 56 valence electrons. The van der Waals surface area contributed by atoms with E-state index >= 15 is 0 Å². The monoisotopic (exact) mass is 131 g/mol. The van der Waals surface area contributed by atoms with Gasteiger partial charge in [-0.15, -0.1) is 0 Å². The molecule has 2 unspecified atom stereocenters. The van der Waals surface area contributed by atoms with Crippen molar-refractivity contribution in [2.45, 2.75) is 32.9 Å². The number of ether oxygens (including phenoxy) is 1. The van der Waals surface area contributed by atoms with E-state index in [0.717, 1.165) is 6.54 Å². The molecule has 0 amide bonds. The molecule has 0 bridgehead atoms. The second-order valence-corrected chi connectivity index (χ2v) is 2.29. The smallest absolute Gasteiger partial charge is 0.0693 e. The Labute approximate surface area is 57.6 Å². The van der Waals surface area contributed by atoms with Gasteiger partial charge in [0.2, 0.25) is 0 Å². The van der Waals surface area contributed by atoms with Crippen LogP contribution in [-0.2, 0) is 4.74 Å². The maximum atomic E-state index is 5.10. The minimum absolute atomic E-state index is 0.310. The third kappa shape index (κ3) is 3.49. The predicted molar refractivity (Wildman–Crippen MR) is 39.6 cm³/mol. The van der Waals surface area contributed by atoms with Crippen molar-refractivity contribution in [3.63, 3.8) is 0 Å². The van der Waals surface area contributed by atoms with E-state index in [9.17, 15) is 0 Å². The fraction of sp³-hybridized carbons (Fsp3) is 1.00. The maximum absolute atomic E-state index is 5.10. The standard InChI is InChI=1S/C7H17NO/c1-5-8-6(2)7(3)9-4/h6-8H,5H2,1-4H3. The Balaban J connectivity index is 3.32. The summed E-state index contributed by atoms with van der Waals surface area (Å²) in [5.41, 5.74) is 0. The van der Waals surface area contributed by atoms with E-state index in [1.165, 1.54) is 0 Å². The summed E-state index contributed by atoms with van der Waals surface area (Å²) in [7, 11) is 1.73. The average molecular weight is 131 g/mol. The molecule has 2 nitrogen and oxygen atoms in total. The van der Waals surface area contributed by atoms with Crippen molar-refractivity contribution in [2.24, 2.45) is 0 Å². The predicted octanol–water partition coefficient (Wildman–Crippen LogP) is 1.02. The Kier molecular flexibility index (Phi) is 4.72. The van der Waals surface area contributed by atoms with Crippen molar-refractivity contribution in [1.29, 1.82) is 0 Å². The SMILES string of the molecule is CCNC(C)C(C)OC. The zero-order valence-corrected chi connectivity index (χ0v) is 6.77. The molecule has 9 heavy (non-hydrogen) atoms. The summed E-state index contributed by atoms with van der Waals surface area (Å²) in [6, 6.07) is 0.458. The number of hydrogen-bond acceptors (Lipinski definition) is 2. The number of likely N-dealkylation sites (N-methyl/N-ethyl adjacent to an activating group) is 1. The molecule has 2 heteroatoms. The summed E-state index contributed by atoms with van der Waals surface area (Å²) in [5.74, 6) is 0. The summed E-state index contributed by atoms with van der Waals surface area (Å²) in [6.07, 6.45) is 0.310. The lowest BCUT2D eigenvalue weighted by Gasteiger charge is -2.18. The van der Waals surface area contributed by atoms with Gasteiger partial charge in [0.05, 0.1) is 6.10 Å². The minimum atomic E-state index is 0.310. The molecule has 0 rings (SSSR count). The molecule has 0 heterocycles. The first-order valence-corrected chi connectivity index (χ1v) is 3.48. The largest absolute Gasteiger partial charge is 0.380 e. The van der Waals surface area contributed by atoms with Gasteiger partial charge in [0.15, 0.2) is 0 Å². The highest BCUT2D eigenvalue weighted by atomic mass is 16.5. The van der Waals surface area contributed by atoms with E-state index < -0.39 is 0 Å². The normalized spacial score (nSPS) is 17.3. The van der Waals surface area contributed by atoms with Crippen molar-refractivity contribution in [2.75, 3.05) is 13.7 Å². The number of nitrogens with one attached hydrogen (secondary N) is 1. The van der Waals surface area contributed by atoms with Crippen LogP contribution in [0.4, 0.5) is 0 Å².